The van der Waals surface area contributed by atoms with E-state index >= 15 is 0 Å². The van der Waals surface area contributed by atoms with E-state index < -0.39 is 68.5 Å². The molecule has 0 spiro atoms. The van der Waals surface area contributed by atoms with Crippen molar-refractivity contribution in [2.24, 2.45) is 0 Å². The lowest BCUT2D eigenvalue weighted by molar-refractivity contribution is -0.277. The number of benzene rings is 2. The first-order valence-corrected chi connectivity index (χ1v) is 13.4. The number of ether oxygens (including phenoxy) is 6. The van der Waals surface area contributed by atoms with E-state index in [2.05, 4.69) is 0 Å². The minimum absolute atomic E-state index is 0.00364. The van der Waals surface area contributed by atoms with Gasteiger partial charge in [0.25, 0.3) is 0 Å². The lowest BCUT2D eigenvalue weighted by atomic mass is 9.99. The third-order valence-electron chi connectivity index (χ3n) is 7.38. The van der Waals surface area contributed by atoms with Crippen molar-refractivity contribution >= 4 is 11.0 Å². The van der Waals surface area contributed by atoms with Crippen molar-refractivity contribution in [3.8, 4) is 45.8 Å². The maximum atomic E-state index is 10.5. The Morgan fingerprint density at radius 1 is 0.659 bits per heavy atom. The summed E-state index contributed by atoms with van der Waals surface area (Å²) in [7, 11) is 2.63. The molecule has 9 atom stereocenters. The Morgan fingerprint density at radius 2 is 1.18 bits per heavy atom. The molecule has 0 amide bonds. The van der Waals surface area contributed by atoms with Gasteiger partial charge in [-0.15, -0.1) is 0 Å². The highest BCUT2D eigenvalue weighted by molar-refractivity contribution is 5.89. The van der Waals surface area contributed by atoms with Gasteiger partial charge in [0.05, 0.1) is 39.1 Å². The van der Waals surface area contributed by atoms with E-state index in [0.717, 1.165) is 6.07 Å². The van der Waals surface area contributed by atoms with Crippen molar-refractivity contribution in [2.75, 3.05) is 27.4 Å². The van der Waals surface area contributed by atoms with Crippen molar-refractivity contribution in [3.63, 3.8) is 0 Å². The van der Waals surface area contributed by atoms with Crippen LogP contribution < -0.4 is 18.9 Å². The van der Waals surface area contributed by atoms with Crippen LogP contribution in [0.25, 0.3) is 22.3 Å². The summed E-state index contributed by atoms with van der Waals surface area (Å²) >= 11 is 0. The lowest BCUT2D eigenvalue weighted by Crippen LogP contribution is -2.60. The average Bonchev–Trinajstić information content (AvgIpc) is 3.29. The van der Waals surface area contributed by atoms with Gasteiger partial charge >= 0.3 is 11.3 Å². The molecule has 16 nitrogen and oxygen atoms in total. The van der Waals surface area contributed by atoms with E-state index in [-0.39, 0.29) is 56.8 Å². The molecule has 44 heavy (non-hydrogen) atoms. The van der Waals surface area contributed by atoms with Gasteiger partial charge in [0.2, 0.25) is 24.1 Å². The first-order chi connectivity index (χ1) is 21.0. The molecule has 0 saturated carbocycles. The molecule has 2 saturated heterocycles. The Hall–Kier alpha value is -3.71. The Bertz CT molecular complexity index is 1450. The van der Waals surface area contributed by atoms with Gasteiger partial charge in [-0.2, -0.15) is 0 Å². The summed E-state index contributed by atoms with van der Waals surface area (Å²) in [6.45, 7) is -1.32. The zero-order valence-electron chi connectivity index (χ0n) is 23.4. The molecule has 1 aromatic heterocycles. The van der Waals surface area contributed by atoms with Gasteiger partial charge in [0.15, 0.2) is 11.5 Å². The van der Waals surface area contributed by atoms with E-state index in [0.29, 0.717) is 0 Å². The van der Waals surface area contributed by atoms with Crippen LogP contribution >= 0.6 is 0 Å². The normalized spacial score (nSPS) is 30.3. The summed E-state index contributed by atoms with van der Waals surface area (Å²) in [6, 6.07) is 6.50. The minimum Gasteiger partial charge on any atom is -0.507 e. The molecule has 5 rings (SSSR count). The van der Waals surface area contributed by atoms with Crippen LogP contribution in [0.2, 0.25) is 0 Å². The van der Waals surface area contributed by atoms with Crippen molar-refractivity contribution < 1.29 is 78.8 Å². The number of fused-ring (bicyclic) bond motifs is 1. The molecule has 2 aliphatic rings. The van der Waals surface area contributed by atoms with E-state index in [9.17, 15) is 46.0 Å². The van der Waals surface area contributed by atoms with Crippen LogP contribution in [0.15, 0.2) is 34.7 Å². The quantitative estimate of drug-likeness (QED) is 0.127. The maximum Gasteiger partial charge on any atom is 0.402 e. The molecule has 16 heteroatoms. The molecule has 0 bridgehead atoms. The Morgan fingerprint density at radius 3 is 1.73 bits per heavy atom. The van der Waals surface area contributed by atoms with Gasteiger partial charge < -0.3 is 74.4 Å². The van der Waals surface area contributed by atoms with Crippen molar-refractivity contribution in [1.82, 2.24) is 0 Å². The Kier molecular flexibility index (Phi) is 9.17. The highest BCUT2D eigenvalue weighted by Gasteiger charge is 2.46. The molecule has 2 aliphatic heterocycles. The smallest absolute Gasteiger partial charge is 0.402 e. The van der Waals surface area contributed by atoms with Crippen LogP contribution in [0.4, 0.5) is 0 Å². The molecule has 0 aliphatic carbocycles. The summed E-state index contributed by atoms with van der Waals surface area (Å²) in [5, 5.41) is 91.7. The van der Waals surface area contributed by atoms with Crippen LogP contribution in [0.5, 0.6) is 34.5 Å². The molecular formula is C28H33O16+. The summed E-state index contributed by atoms with van der Waals surface area (Å²) in [5.41, 5.74) is 0.207. The zero-order chi connectivity index (χ0) is 31.9. The lowest BCUT2D eigenvalue weighted by Gasteiger charge is -2.39. The van der Waals surface area contributed by atoms with Crippen LogP contribution in [-0.2, 0) is 9.47 Å². The standard InChI is InChI=1S/C28H32O16/c1-38-15-3-10(4-16(39-2)20(15)32)26-17(42-27-24(36)22(34)19(9-30)44-27)7-12-13(40-26)5-11(31)6-14(12)41-28-25(37)23(35)21(33)18(8-29)43-28/h3-7,18-19,21-25,27-30,33-37H,8-9H2,1-2H3,(H-,31,32)/p+1/t18-,19+,21-,22+,23+,24-,25-,27+,28?/m0/s1. The summed E-state index contributed by atoms with van der Waals surface area (Å²) in [4.78, 5) is 0. The molecule has 2 fully saturated rings. The van der Waals surface area contributed by atoms with Crippen LogP contribution in [-0.4, -0.2) is 129 Å². The fraction of sp³-hybridized carbons (Fsp3) is 0.464. The first-order valence-electron chi connectivity index (χ1n) is 13.4. The van der Waals surface area contributed by atoms with E-state index in [4.69, 9.17) is 32.8 Å². The van der Waals surface area contributed by atoms with Gasteiger partial charge in [0.1, 0.15) is 59.6 Å². The van der Waals surface area contributed by atoms with E-state index in [1.165, 1.54) is 38.5 Å². The van der Waals surface area contributed by atoms with Crippen LogP contribution in [0, 0.1) is 0 Å². The zero-order valence-corrected chi connectivity index (χ0v) is 23.4. The average molecular weight is 626 g/mol. The molecule has 240 valence electrons. The third-order valence-corrected chi connectivity index (χ3v) is 7.38. The predicted octanol–water partition coefficient (Wildman–Crippen LogP) is -1.19. The number of rotatable bonds is 9. The van der Waals surface area contributed by atoms with Gasteiger partial charge in [-0.25, -0.2) is 4.42 Å². The van der Waals surface area contributed by atoms with Gasteiger partial charge in [0, 0.05) is 24.3 Å². The molecule has 2 aromatic carbocycles. The van der Waals surface area contributed by atoms with E-state index in [1.54, 1.807) is 0 Å². The molecule has 0 radical (unpaired) electrons. The number of phenols is 2. The van der Waals surface area contributed by atoms with E-state index in [1.807, 2.05) is 0 Å². The summed E-state index contributed by atoms with van der Waals surface area (Å²) < 4.78 is 39.3. The number of methoxy groups -OCH3 is 2. The fourth-order valence-electron chi connectivity index (χ4n) is 4.96. The monoisotopic (exact) mass is 625 g/mol. The number of hydrogen-bond acceptors (Lipinski definition) is 15. The second-order valence-electron chi connectivity index (χ2n) is 10.2. The largest absolute Gasteiger partial charge is 0.507 e. The Labute approximate surface area is 249 Å². The number of hydrogen-bond donors (Lipinski definition) is 9. The van der Waals surface area contributed by atoms with Gasteiger partial charge in [-0.1, -0.05) is 0 Å². The summed E-state index contributed by atoms with van der Waals surface area (Å²) in [5.74, 6) is -1.02. The predicted molar refractivity (Wildman–Crippen MR) is 145 cm³/mol. The highest BCUT2D eigenvalue weighted by Crippen LogP contribution is 2.46. The van der Waals surface area contributed by atoms with Gasteiger partial charge in [-0.3, -0.25) is 0 Å². The molecular weight excluding hydrogens is 592 g/mol. The third kappa shape index (κ3) is 5.74. The first kappa shape index (κ1) is 31.7. The second-order valence-corrected chi connectivity index (χ2v) is 10.2. The van der Waals surface area contributed by atoms with Crippen molar-refractivity contribution in [3.05, 3.63) is 30.3 Å². The number of aliphatic hydroxyl groups excluding tert-OH is 7. The highest BCUT2D eigenvalue weighted by atomic mass is 16.7. The molecule has 9 N–H and O–H groups in total. The summed E-state index contributed by atoms with van der Waals surface area (Å²) in [6.07, 6.45) is -13.8. The number of aromatic hydroxyl groups is 2. The molecule has 1 unspecified atom stereocenters. The van der Waals surface area contributed by atoms with Gasteiger partial charge in [-0.05, 0) is 0 Å². The van der Waals surface area contributed by atoms with Crippen LogP contribution in [0.3, 0.4) is 0 Å². The Balaban J connectivity index is 1.64. The van der Waals surface area contributed by atoms with Crippen molar-refractivity contribution in [2.45, 2.75) is 55.3 Å². The SMILES string of the molecule is COc1cc(-c2[o+]c3cc(O)cc(OC4O[C@@H](CO)[C@H](O)[C@@H](O)[C@@H]4O)c3cc2O[C@@H]2O[C@H](CO)[C@@H](O)[C@@H]2O)cc(OC)c1O. The second kappa shape index (κ2) is 12.7. The number of aliphatic hydroxyl groups is 7. The minimum atomic E-state index is -1.77. The number of phenolic OH excluding ortho intramolecular Hbond substituents is 2. The molecule has 3 aromatic rings. The fourth-order valence-corrected chi connectivity index (χ4v) is 4.96. The molecule has 3 heterocycles. The maximum absolute atomic E-state index is 10.5. The van der Waals surface area contributed by atoms with Crippen molar-refractivity contribution in [1.29, 1.82) is 0 Å². The topological polar surface area (TPSA) is 249 Å². The van der Waals surface area contributed by atoms with Crippen LogP contribution in [0.1, 0.15) is 0 Å².